The second-order valence-corrected chi connectivity index (χ2v) is 5.91. The Kier molecular flexibility index (Phi) is 8.40. The number of rotatable bonds is 10. The van der Waals surface area contributed by atoms with Crippen molar-refractivity contribution < 1.29 is 9.47 Å². The van der Waals surface area contributed by atoms with Crippen molar-refractivity contribution in [3.8, 4) is 5.75 Å². The van der Waals surface area contributed by atoms with Gasteiger partial charge in [0.15, 0.2) is 0 Å². The Bertz CT molecular complexity index is 393. The summed E-state index contributed by atoms with van der Waals surface area (Å²) in [6.45, 7) is 13.7. The Morgan fingerprint density at radius 3 is 2.29 bits per heavy atom. The molecule has 21 heavy (non-hydrogen) atoms. The first-order valence-corrected chi connectivity index (χ1v) is 8.08. The van der Waals surface area contributed by atoms with Gasteiger partial charge in [-0.05, 0) is 37.0 Å². The van der Waals surface area contributed by atoms with E-state index in [4.69, 9.17) is 9.47 Å². The molecular formula is C18H31NO2. The van der Waals surface area contributed by atoms with Gasteiger partial charge >= 0.3 is 0 Å². The van der Waals surface area contributed by atoms with Gasteiger partial charge in [0.2, 0.25) is 0 Å². The molecule has 0 aromatic heterocycles. The van der Waals surface area contributed by atoms with Crippen LogP contribution in [-0.4, -0.2) is 25.9 Å². The van der Waals surface area contributed by atoms with Gasteiger partial charge in [-0.2, -0.15) is 0 Å². The molecule has 1 aromatic carbocycles. The standard InChI is InChI=1S/C18H31NO2/c1-6-7-8-20-9-10-21-18-15(4)11-17(12-16(18)5)13-19-14(2)3/h11-12,14,19H,6-10,13H2,1-5H3. The van der Waals surface area contributed by atoms with Crippen LogP contribution in [-0.2, 0) is 11.3 Å². The Balaban J connectivity index is 2.47. The highest BCUT2D eigenvalue weighted by molar-refractivity contribution is 5.43. The van der Waals surface area contributed by atoms with E-state index in [9.17, 15) is 0 Å². The number of unbranched alkanes of at least 4 members (excludes halogenated alkanes) is 1. The predicted octanol–water partition coefficient (Wildman–Crippen LogP) is 4.00. The Labute approximate surface area is 130 Å². The SMILES string of the molecule is CCCCOCCOc1c(C)cc(CNC(C)C)cc1C. The third-order valence-corrected chi connectivity index (χ3v) is 3.35. The lowest BCUT2D eigenvalue weighted by Crippen LogP contribution is -2.22. The first kappa shape index (κ1) is 18.0. The molecule has 0 bridgehead atoms. The Morgan fingerprint density at radius 2 is 1.71 bits per heavy atom. The fourth-order valence-electron chi connectivity index (χ4n) is 2.24. The van der Waals surface area contributed by atoms with Crippen LogP contribution in [0.5, 0.6) is 5.75 Å². The largest absolute Gasteiger partial charge is 0.491 e. The number of benzene rings is 1. The molecule has 0 aliphatic rings. The molecule has 3 heteroatoms. The molecule has 3 nitrogen and oxygen atoms in total. The molecule has 0 spiro atoms. The lowest BCUT2D eigenvalue weighted by molar-refractivity contribution is 0.0976. The topological polar surface area (TPSA) is 30.5 Å². The molecule has 0 unspecified atom stereocenters. The summed E-state index contributed by atoms with van der Waals surface area (Å²) in [5.41, 5.74) is 3.71. The molecule has 0 fully saturated rings. The number of hydrogen-bond acceptors (Lipinski definition) is 3. The highest BCUT2D eigenvalue weighted by atomic mass is 16.5. The molecule has 0 heterocycles. The van der Waals surface area contributed by atoms with Gasteiger partial charge in [-0.15, -0.1) is 0 Å². The summed E-state index contributed by atoms with van der Waals surface area (Å²) in [5.74, 6) is 1.00. The van der Waals surface area contributed by atoms with Crippen molar-refractivity contribution >= 4 is 0 Å². The summed E-state index contributed by atoms with van der Waals surface area (Å²) in [7, 11) is 0. The lowest BCUT2D eigenvalue weighted by Gasteiger charge is -2.15. The van der Waals surface area contributed by atoms with E-state index < -0.39 is 0 Å². The van der Waals surface area contributed by atoms with E-state index in [2.05, 4.69) is 52.1 Å². The first-order chi connectivity index (χ1) is 10.0. The van der Waals surface area contributed by atoms with E-state index in [0.29, 0.717) is 19.3 Å². The van der Waals surface area contributed by atoms with Gasteiger partial charge in [-0.25, -0.2) is 0 Å². The van der Waals surface area contributed by atoms with Gasteiger partial charge in [0, 0.05) is 19.2 Å². The molecule has 1 aromatic rings. The van der Waals surface area contributed by atoms with Crippen LogP contribution in [0, 0.1) is 13.8 Å². The molecule has 0 saturated carbocycles. The molecule has 0 aliphatic heterocycles. The van der Waals surface area contributed by atoms with Crippen molar-refractivity contribution in [1.82, 2.24) is 5.32 Å². The number of aryl methyl sites for hydroxylation is 2. The minimum atomic E-state index is 0.502. The van der Waals surface area contributed by atoms with Crippen LogP contribution >= 0.6 is 0 Å². The molecule has 0 aliphatic carbocycles. The van der Waals surface area contributed by atoms with Crippen LogP contribution in [0.3, 0.4) is 0 Å². The van der Waals surface area contributed by atoms with Gasteiger partial charge in [0.25, 0.3) is 0 Å². The summed E-state index contributed by atoms with van der Waals surface area (Å²) in [5, 5.41) is 3.45. The maximum Gasteiger partial charge on any atom is 0.125 e. The fraction of sp³-hybridized carbons (Fsp3) is 0.667. The second-order valence-electron chi connectivity index (χ2n) is 5.91. The smallest absolute Gasteiger partial charge is 0.125 e. The maximum absolute atomic E-state index is 5.88. The average Bonchev–Trinajstić information content (AvgIpc) is 2.42. The van der Waals surface area contributed by atoms with Crippen LogP contribution in [0.15, 0.2) is 12.1 Å². The van der Waals surface area contributed by atoms with Crippen molar-refractivity contribution in [1.29, 1.82) is 0 Å². The zero-order chi connectivity index (χ0) is 15.7. The molecule has 0 amide bonds. The number of nitrogens with one attached hydrogen (secondary N) is 1. The third-order valence-electron chi connectivity index (χ3n) is 3.35. The van der Waals surface area contributed by atoms with Crippen molar-refractivity contribution in [2.24, 2.45) is 0 Å². The second kappa shape index (κ2) is 9.80. The van der Waals surface area contributed by atoms with Crippen molar-refractivity contribution in [3.05, 3.63) is 28.8 Å². The van der Waals surface area contributed by atoms with Gasteiger partial charge in [-0.1, -0.05) is 39.3 Å². The van der Waals surface area contributed by atoms with E-state index in [1.54, 1.807) is 0 Å². The number of hydrogen-bond donors (Lipinski definition) is 1. The zero-order valence-electron chi connectivity index (χ0n) is 14.3. The van der Waals surface area contributed by atoms with Gasteiger partial charge < -0.3 is 14.8 Å². The van der Waals surface area contributed by atoms with E-state index in [-0.39, 0.29) is 0 Å². The Hall–Kier alpha value is -1.06. The van der Waals surface area contributed by atoms with Crippen LogP contribution in [0.25, 0.3) is 0 Å². The molecular weight excluding hydrogens is 262 g/mol. The molecule has 0 radical (unpaired) electrons. The average molecular weight is 293 g/mol. The minimum Gasteiger partial charge on any atom is -0.491 e. The summed E-state index contributed by atoms with van der Waals surface area (Å²) < 4.78 is 11.4. The van der Waals surface area contributed by atoms with Crippen molar-refractivity contribution in [3.63, 3.8) is 0 Å². The van der Waals surface area contributed by atoms with Crippen molar-refractivity contribution in [2.45, 2.75) is 60.0 Å². The molecule has 1 N–H and O–H groups in total. The van der Waals surface area contributed by atoms with Crippen LogP contribution in [0.2, 0.25) is 0 Å². The van der Waals surface area contributed by atoms with Crippen LogP contribution in [0.1, 0.15) is 50.3 Å². The lowest BCUT2D eigenvalue weighted by atomic mass is 10.1. The maximum atomic E-state index is 5.88. The quantitative estimate of drug-likeness (QED) is 0.661. The molecule has 1 rings (SSSR count). The van der Waals surface area contributed by atoms with Crippen LogP contribution in [0.4, 0.5) is 0 Å². The van der Waals surface area contributed by atoms with E-state index in [1.807, 2.05) is 0 Å². The minimum absolute atomic E-state index is 0.502. The highest BCUT2D eigenvalue weighted by Gasteiger charge is 2.07. The molecule has 0 atom stereocenters. The summed E-state index contributed by atoms with van der Waals surface area (Å²) in [6.07, 6.45) is 2.29. The van der Waals surface area contributed by atoms with Gasteiger partial charge in [0.1, 0.15) is 12.4 Å². The third kappa shape index (κ3) is 6.96. The van der Waals surface area contributed by atoms with Gasteiger partial charge in [-0.3, -0.25) is 0 Å². The monoisotopic (exact) mass is 293 g/mol. The zero-order valence-corrected chi connectivity index (χ0v) is 14.3. The first-order valence-electron chi connectivity index (χ1n) is 8.08. The summed E-state index contributed by atoms with van der Waals surface area (Å²) in [4.78, 5) is 0. The normalized spacial score (nSPS) is 11.1. The highest BCUT2D eigenvalue weighted by Crippen LogP contribution is 2.24. The molecule has 0 saturated heterocycles. The van der Waals surface area contributed by atoms with Crippen LogP contribution < -0.4 is 10.1 Å². The summed E-state index contributed by atoms with van der Waals surface area (Å²) in [6, 6.07) is 4.91. The molecule has 120 valence electrons. The van der Waals surface area contributed by atoms with E-state index in [0.717, 1.165) is 25.3 Å². The Morgan fingerprint density at radius 1 is 1.05 bits per heavy atom. The fourth-order valence-corrected chi connectivity index (χ4v) is 2.24. The van der Waals surface area contributed by atoms with E-state index in [1.165, 1.54) is 23.1 Å². The summed E-state index contributed by atoms with van der Waals surface area (Å²) >= 11 is 0. The predicted molar refractivity (Wildman–Crippen MR) is 89.1 cm³/mol. The number of ether oxygens (including phenoxy) is 2. The van der Waals surface area contributed by atoms with Crippen molar-refractivity contribution in [2.75, 3.05) is 19.8 Å². The van der Waals surface area contributed by atoms with E-state index >= 15 is 0 Å². The van der Waals surface area contributed by atoms with Gasteiger partial charge in [0.05, 0.1) is 6.61 Å².